The number of hydrogen-bond donors (Lipinski definition) is 2. The van der Waals surface area contributed by atoms with Crippen molar-refractivity contribution in [2.24, 2.45) is 11.7 Å². The van der Waals surface area contributed by atoms with E-state index in [4.69, 9.17) is 5.73 Å². The summed E-state index contributed by atoms with van der Waals surface area (Å²) in [6.45, 7) is 2.13. The smallest absolute Gasteiger partial charge is 0.312 e. The van der Waals surface area contributed by atoms with Gasteiger partial charge >= 0.3 is 6.03 Å². The van der Waals surface area contributed by atoms with Crippen LogP contribution in [0.25, 0.3) is 0 Å². The van der Waals surface area contributed by atoms with Gasteiger partial charge in [-0.15, -0.1) is 0 Å². The largest absolute Gasteiger partial charge is 0.352 e. The number of urea groups is 1. The van der Waals surface area contributed by atoms with E-state index in [9.17, 15) is 18.4 Å². The lowest BCUT2D eigenvalue weighted by Crippen LogP contribution is -2.61. The number of likely N-dealkylation sites (tertiary alicyclic amines) is 1. The quantitative estimate of drug-likeness (QED) is 0.841. The van der Waals surface area contributed by atoms with E-state index < -0.39 is 17.7 Å². The minimum Gasteiger partial charge on any atom is -0.352 e. The van der Waals surface area contributed by atoms with Crippen LogP contribution in [0.1, 0.15) is 24.3 Å². The second kappa shape index (κ2) is 6.50. The van der Waals surface area contributed by atoms with Crippen LogP contribution in [0.3, 0.4) is 0 Å². The van der Waals surface area contributed by atoms with Crippen molar-refractivity contribution in [3.63, 3.8) is 0 Å². The van der Waals surface area contributed by atoms with E-state index in [1.165, 1.54) is 12.1 Å². The Morgan fingerprint density at radius 3 is 2.38 bits per heavy atom. The van der Waals surface area contributed by atoms with Gasteiger partial charge in [-0.25, -0.2) is 13.6 Å². The number of fused-ring (bicyclic) bond motifs is 2. The molecule has 1 aromatic carbocycles. The van der Waals surface area contributed by atoms with Crippen LogP contribution in [0.15, 0.2) is 18.2 Å². The lowest BCUT2D eigenvalue weighted by atomic mass is 9.75. The number of piperidine rings is 3. The van der Waals surface area contributed by atoms with Gasteiger partial charge < -0.3 is 16.0 Å². The maximum atomic E-state index is 13.8. The van der Waals surface area contributed by atoms with Crippen LogP contribution in [0.5, 0.6) is 0 Å². The molecule has 140 valence electrons. The minimum atomic E-state index is -0.744. The van der Waals surface area contributed by atoms with Crippen LogP contribution in [0, 0.1) is 17.6 Å². The second-order valence-electron chi connectivity index (χ2n) is 7.43. The number of carbonyl (C=O) groups excluding carboxylic acids is 2. The highest BCUT2D eigenvalue weighted by Crippen LogP contribution is 2.46. The third-order valence-corrected chi connectivity index (χ3v) is 6.04. The van der Waals surface area contributed by atoms with E-state index in [-0.39, 0.29) is 30.5 Å². The molecule has 0 aliphatic carbocycles. The fourth-order valence-corrected chi connectivity index (χ4v) is 5.05. The van der Waals surface area contributed by atoms with Crippen molar-refractivity contribution in [1.82, 2.24) is 15.1 Å². The number of primary amides is 1. The Bertz CT molecular complexity index is 716. The zero-order valence-corrected chi connectivity index (χ0v) is 14.3. The number of hydrogen-bond acceptors (Lipinski definition) is 3. The molecule has 1 aromatic rings. The topological polar surface area (TPSA) is 78.7 Å². The van der Waals surface area contributed by atoms with Crippen LogP contribution < -0.4 is 11.1 Å². The summed E-state index contributed by atoms with van der Waals surface area (Å²) in [5.74, 6) is -1.18. The second-order valence-corrected chi connectivity index (χ2v) is 7.43. The van der Waals surface area contributed by atoms with Crippen molar-refractivity contribution < 1.29 is 18.4 Å². The normalized spacial score (nSPS) is 32.4. The fraction of sp³-hybridized carbons (Fsp3) is 0.556. The average Bonchev–Trinajstić information content (AvgIpc) is 3.03. The summed E-state index contributed by atoms with van der Waals surface area (Å²) in [5, 5.41) is 2.35. The molecule has 26 heavy (non-hydrogen) atoms. The van der Waals surface area contributed by atoms with E-state index in [1.807, 2.05) is 0 Å². The van der Waals surface area contributed by atoms with Gasteiger partial charge in [0.15, 0.2) is 0 Å². The van der Waals surface area contributed by atoms with Crippen LogP contribution in [-0.4, -0.2) is 60.0 Å². The molecule has 0 aromatic heterocycles. The molecule has 4 aliphatic rings. The number of carbonyl (C=O) groups is 2. The zero-order valence-electron chi connectivity index (χ0n) is 14.3. The van der Waals surface area contributed by atoms with Crippen molar-refractivity contribution in [2.45, 2.75) is 30.8 Å². The van der Waals surface area contributed by atoms with Crippen LogP contribution >= 0.6 is 0 Å². The number of rotatable bonds is 3. The summed E-state index contributed by atoms with van der Waals surface area (Å²) in [5.41, 5.74) is 5.66. The first-order valence-electron chi connectivity index (χ1n) is 8.97. The molecule has 6 nitrogen and oxygen atoms in total. The zero-order chi connectivity index (χ0) is 18.4. The Morgan fingerprint density at radius 2 is 1.77 bits per heavy atom. The lowest BCUT2D eigenvalue weighted by molar-refractivity contribution is -0.134. The first kappa shape index (κ1) is 17.2. The molecule has 4 aliphatic heterocycles. The molecule has 4 heterocycles. The van der Waals surface area contributed by atoms with E-state index in [0.717, 1.165) is 32.0 Å². The van der Waals surface area contributed by atoms with E-state index in [1.54, 1.807) is 4.90 Å². The van der Waals surface area contributed by atoms with Crippen molar-refractivity contribution in [3.05, 3.63) is 35.4 Å². The molecule has 3 atom stereocenters. The Kier molecular flexibility index (Phi) is 4.30. The third kappa shape index (κ3) is 2.92. The predicted molar refractivity (Wildman–Crippen MR) is 90.3 cm³/mol. The Balaban J connectivity index is 1.65. The molecule has 4 saturated heterocycles. The van der Waals surface area contributed by atoms with Crippen LogP contribution in [-0.2, 0) is 4.79 Å². The maximum absolute atomic E-state index is 13.8. The standard InChI is InChI=1S/C18H22F2N4O2/c19-12-5-11(6-13(20)7-12)14-9-24(15(25)8-22-18(21)26)16-10-1-3-23(4-2-10)17(14)16/h5-7,10,14,16-17H,1-4,8-9H2,(H3,21,22,26)/t14-,16-,17-/m1/s1. The number of halogens is 2. The first-order valence-corrected chi connectivity index (χ1v) is 8.97. The van der Waals surface area contributed by atoms with Gasteiger partial charge in [-0.1, -0.05) is 0 Å². The van der Waals surface area contributed by atoms with Gasteiger partial charge in [-0.3, -0.25) is 9.69 Å². The molecular formula is C18H22F2N4O2. The lowest BCUT2D eigenvalue weighted by Gasteiger charge is -2.51. The number of amides is 3. The molecule has 3 N–H and O–H groups in total. The van der Waals surface area contributed by atoms with Gasteiger partial charge in [0.1, 0.15) is 11.6 Å². The summed E-state index contributed by atoms with van der Waals surface area (Å²) in [4.78, 5) is 27.7. The SMILES string of the molecule is NC(=O)NCC(=O)N1C[C@H](c2cc(F)cc(F)c2)[C@@H]2[C@H]1C1CCN2CC1. The highest BCUT2D eigenvalue weighted by Gasteiger charge is 2.54. The Labute approximate surface area is 150 Å². The van der Waals surface area contributed by atoms with Crippen LogP contribution in [0.4, 0.5) is 13.6 Å². The number of nitrogens with two attached hydrogens (primary N) is 1. The van der Waals surface area contributed by atoms with Gasteiger partial charge in [0.25, 0.3) is 0 Å². The summed E-state index contributed by atoms with van der Waals surface area (Å²) in [7, 11) is 0. The monoisotopic (exact) mass is 364 g/mol. The van der Waals surface area contributed by atoms with E-state index in [2.05, 4.69) is 10.2 Å². The Morgan fingerprint density at radius 1 is 1.12 bits per heavy atom. The van der Waals surface area contributed by atoms with Crippen molar-refractivity contribution in [1.29, 1.82) is 0 Å². The van der Waals surface area contributed by atoms with E-state index >= 15 is 0 Å². The molecule has 4 fully saturated rings. The van der Waals surface area contributed by atoms with Crippen LogP contribution in [0.2, 0.25) is 0 Å². The van der Waals surface area contributed by atoms with Crippen molar-refractivity contribution >= 4 is 11.9 Å². The van der Waals surface area contributed by atoms with Crippen molar-refractivity contribution in [2.75, 3.05) is 26.2 Å². The molecule has 0 spiro atoms. The highest BCUT2D eigenvalue weighted by molar-refractivity contribution is 5.84. The Hall–Kier alpha value is -2.22. The van der Waals surface area contributed by atoms with Crippen molar-refractivity contribution in [3.8, 4) is 0 Å². The predicted octanol–water partition coefficient (Wildman–Crippen LogP) is 1.02. The first-order chi connectivity index (χ1) is 12.4. The summed E-state index contributed by atoms with van der Waals surface area (Å²) in [6.07, 6.45) is 2.02. The summed E-state index contributed by atoms with van der Waals surface area (Å²) < 4.78 is 27.5. The maximum Gasteiger partial charge on any atom is 0.312 e. The average molecular weight is 364 g/mol. The van der Waals surface area contributed by atoms with Gasteiger partial charge in [-0.2, -0.15) is 0 Å². The number of nitrogens with one attached hydrogen (secondary N) is 1. The minimum absolute atomic E-state index is 0.0102. The molecular weight excluding hydrogens is 342 g/mol. The summed E-state index contributed by atoms with van der Waals surface area (Å²) >= 11 is 0. The van der Waals surface area contributed by atoms with Gasteiger partial charge in [0.2, 0.25) is 5.91 Å². The molecule has 0 unspecified atom stereocenters. The highest BCUT2D eigenvalue weighted by atomic mass is 19.1. The number of nitrogens with zero attached hydrogens (tertiary/aromatic N) is 2. The third-order valence-electron chi connectivity index (χ3n) is 6.04. The molecule has 0 saturated carbocycles. The fourth-order valence-electron chi connectivity index (χ4n) is 5.05. The molecule has 3 amide bonds. The number of benzene rings is 1. The van der Waals surface area contributed by atoms with Gasteiger partial charge in [-0.05, 0) is 49.5 Å². The van der Waals surface area contributed by atoms with E-state index in [0.29, 0.717) is 18.0 Å². The molecule has 8 heteroatoms. The molecule has 2 bridgehead atoms. The van der Waals surface area contributed by atoms with Gasteiger partial charge in [0, 0.05) is 24.6 Å². The molecule has 5 rings (SSSR count). The summed E-state index contributed by atoms with van der Waals surface area (Å²) in [6, 6.07) is 2.92. The molecule has 0 radical (unpaired) electrons. The van der Waals surface area contributed by atoms with Gasteiger partial charge in [0.05, 0.1) is 12.6 Å².